The van der Waals surface area contributed by atoms with Gasteiger partial charge in [-0.15, -0.1) is 0 Å². The van der Waals surface area contributed by atoms with Crippen LogP contribution in [0.3, 0.4) is 0 Å². The van der Waals surface area contributed by atoms with E-state index < -0.39 is 22.9 Å². The van der Waals surface area contributed by atoms with Gasteiger partial charge in [-0.1, -0.05) is 6.92 Å². The Morgan fingerprint density at radius 2 is 1.94 bits per heavy atom. The first kappa shape index (κ1) is 15.7. The minimum atomic E-state index is -4.52. The number of halogens is 3. The molecule has 18 heavy (non-hydrogen) atoms. The lowest BCUT2D eigenvalue weighted by Crippen LogP contribution is -2.48. The normalized spacial score (nSPS) is 20.1. The van der Waals surface area contributed by atoms with Gasteiger partial charge in [0.1, 0.15) is 6.54 Å². The maximum atomic E-state index is 12.3. The Kier molecular flexibility index (Phi) is 5.38. The average molecular weight is 289 g/mol. The van der Waals surface area contributed by atoms with Gasteiger partial charge < -0.3 is 5.32 Å². The highest BCUT2D eigenvalue weighted by molar-refractivity contribution is 7.86. The molecule has 0 atom stereocenters. The third-order valence-electron chi connectivity index (χ3n) is 2.66. The van der Waals surface area contributed by atoms with E-state index >= 15 is 0 Å². The van der Waals surface area contributed by atoms with Crippen molar-refractivity contribution in [2.45, 2.75) is 19.5 Å². The van der Waals surface area contributed by atoms with Crippen LogP contribution in [0.4, 0.5) is 13.2 Å². The monoisotopic (exact) mass is 289 g/mol. The van der Waals surface area contributed by atoms with Gasteiger partial charge in [0.2, 0.25) is 0 Å². The molecule has 0 amide bonds. The van der Waals surface area contributed by atoms with Gasteiger partial charge in [-0.2, -0.15) is 30.2 Å². The Morgan fingerprint density at radius 3 is 2.50 bits per heavy atom. The van der Waals surface area contributed by atoms with Gasteiger partial charge in [0.15, 0.2) is 0 Å². The third kappa shape index (κ3) is 4.38. The summed E-state index contributed by atoms with van der Waals surface area (Å²) >= 11 is 0. The van der Waals surface area contributed by atoms with E-state index in [1.165, 1.54) is 6.92 Å². The molecule has 0 saturated carbocycles. The third-order valence-corrected chi connectivity index (χ3v) is 4.72. The Labute approximate surface area is 105 Å². The van der Waals surface area contributed by atoms with Gasteiger partial charge in [-0.3, -0.25) is 0 Å². The Hall–Kier alpha value is -0.380. The van der Waals surface area contributed by atoms with Crippen LogP contribution in [0.25, 0.3) is 0 Å². The predicted molar refractivity (Wildman–Crippen MR) is 61.3 cm³/mol. The molecule has 0 aromatic carbocycles. The van der Waals surface area contributed by atoms with E-state index in [1.54, 1.807) is 0 Å². The first-order chi connectivity index (χ1) is 8.27. The summed E-state index contributed by atoms with van der Waals surface area (Å²) in [6.45, 7) is 1.38. The van der Waals surface area contributed by atoms with Crippen LogP contribution >= 0.6 is 0 Å². The maximum Gasteiger partial charge on any atom is 0.402 e. The van der Waals surface area contributed by atoms with Crippen molar-refractivity contribution in [2.75, 3.05) is 39.3 Å². The summed E-state index contributed by atoms with van der Waals surface area (Å²) in [4.78, 5) is 0. The number of alkyl halides is 3. The highest BCUT2D eigenvalue weighted by Gasteiger charge is 2.38. The molecule has 0 unspecified atom stereocenters. The lowest BCUT2D eigenvalue weighted by atomic mass is 10.4. The lowest BCUT2D eigenvalue weighted by Gasteiger charge is -2.28. The van der Waals surface area contributed by atoms with Crippen molar-refractivity contribution in [3.63, 3.8) is 0 Å². The van der Waals surface area contributed by atoms with E-state index in [2.05, 4.69) is 5.32 Å². The van der Waals surface area contributed by atoms with Crippen molar-refractivity contribution in [1.29, 1.82) is 0 Å². The molecule has 1 aliphatic rings. The zero-order valence-electron chi connectivity index (χ0n) is 10.2. The zero-order chi connectivity index (χ0) is 13.8. The van der Waals surface area contributed by atoms with Crippen LogP contribution < -0.4 is 5.32 Å². The van der Waals surface area contributed by atoms with Crippen LogP contribution in [0.2, 0.25) is 0 Å². The first-order valence-corrected chi connectivity index (χ1v) is 7.20. The van der Waals surface area contributed by atoms with Crippen LogP contribution in [0.15, 0.2) is 0 Å². The molecule has 9 heteroatoms. The summed E-state index contributed by atoms with van der Waals surface area (Å²) in [6.07, 6.45) is -3.92. The molecule has 108 valence electrons. The van der Waals surface area contributed by atoms with Crippen molar-refractivity contribution in [3.05, 3.63) is 0 Å². The van der Waals surface area contributed by atoms with Crippen LogP contribution in [0, 0.1) is 0 Å². The van der Waals surface area contributed by atoms with Crippen molar-refractivity contribution in [2.24, 2.45) is 0 Å². The summed E-state index contributed by atoms with van der Waals surface area (Å²) in [5.74, 6) is 0. The number of hydrogen-bond acceptors (Lipinski definition) is 3. The van der Waals surface area contributed by atoms with E-state index in [9.17, 15) is 21.6 Å². The fourth-order valence-corrected chi connectivity index (χ4v) is 3.42. The molecule has 0 aromatic heterocycles. The molecule has 1 N–H and O–H groups in total. The zero-order valence-corrected chi connectivity index (χ0v) is 11.0. The average Bonchev–Trinajstić information content (AvgIpc) is 2.53. The summed E-state index contributed by atoms with van der Waals surface area (Å²) in [5.41, 5.74) is 0. The molecular formula is C9H18F3N3O2S. The number of nitrogens with one attached hydrogen (secondary N) is 1. The molecule has 0 radical (unpaired) electrons. The fourth-order valence-electron chi connectivity index (χ4n) is 1.77. The minimum Gasteiger partial charge on any atom is -0.315 e. The number of rotatable bonds is 4. The van der Waals surface area contributed by atoms with E-state index in [0.29, 0.717) is 23.8 Å². The predicted octanol–water partition coefficient (Wildman–Crippen LogP) is 0.411. The summed E-state index contributed by atoms with van der Waals surface area (Å²) in [7, 11) is -4.02. The standard InChI is InChI=1S/C9H18F3N3O2S/c1-2-14(8-9(10,11)12)18(16,17)15-6-3-4-13-5-7-15/h13H,2-8H2,1H3. The van der Waals surface area contributed by atoms with Crippen molar-refractivity contribution >= 4 is 10.2 Å². The number of nitrogens with zero attached hydrogens (tertiary/aromatic N) is 2. The van der Waals surface area contributed by atoms with E-state index in [1.807, 2.05) is 0 Å². The molecule has 1 saturated heterocycles. The molecular weight excluding hydrogens is 271 g/mol. The molecule has 1 aliphatic heterocycles. The molecule has 0 bridgehead atoms. The highest BCUT2D eigenvalue weighted by Crippen LogP contribution is 2.20. The second-order valence-electron chi connectivity index (χ2n) is 4.05. The highest BCUT2D eigenvalue weighted by atomic mass is 32.2. The maximum absolute atomic E-state index is 12.3. The van der Waals surface area contributed by atoms with Crippen LogP contribution in [-0.2, 0) is 10.2 Å². The second kappa shape index (κ2) is 6.18. The van der Waals surface area contributed by atoms with Gasteiger partial charge in [-0.25, -0.2) is 0 Å². The van der Waals surface area contributed by atoms with Crippen molar-refractivity contribution in [3.8, 4) is 0 Å². The molecule has 0 spiro atoms. The summed E-state index contributed by atoms with van der Waals surface area (Å²) < 4.78 is 62.7. The molecule has 1 fully saturated rings. The van der Waals surface area contributed by atoms with E-state index in [-0.39, 0.29) is 19.6 Å². The Bertz CT molecular complexity index is 351. The topological polar surface area (TPSA) is 52.7 Å². The number of hydrogen-bond donors (Lipinski definition) is 1. The quantitative estimate of drug-likeness (QED) is 0.815. The second-order valence-corrected chi connectivity index (χ2v) is 5.98. The molecule has 1 heterocycles. The summed E-state index contributed by atoms with van der Waals surface area (Å²) in [5, 5.41) is 3.01. The summed E-state index contributed by atoms with van der Waals surface area (Å²) in [6, 6.07) is 0. The van der Waals surface area contributed by atoms with Crippen LogP contribution in [0.5, 0.6) is 0 Å². The first-order valence-electron chi connectivity index (χ1n) is 5.80. The molecule has 5 nitrogen and oxygen atoms in total. The molecule has 0 aromatic rings. The molecule has 1 rings (SSSR count). The van der Waals surface area contributed by atoms with E-state index in [0.717, 1.165) is 4.31 Å². The fraction of sp³-hybridized carbons (Fsp3) is 1.00. The van der Waals surface area contributed by atoms with E-state index in [4.69, 9.17) is 0 Å². The van der Waals surface area contributed by atoms with Crippen LogP contribution in [-0.4, -0.2) is 62.5 Å². The SMILES string of the molecule is CCN(CC(F)(F)F)S(=O)(=O)N1CCCNCC1. The molecule has 0 aliphatic carbocycles. The Morgan fingerprint density at radius 1 is 1.28 bits per heavy atom. The largest absolute Gasteiger partial charge is 0.402 e. The minimum absolute atomic E-state index is 0.189. The van der Waals surface area contributed by atoms with Gasteiger partial charge in [-0.05, 0) is 13.0 Å². The van der Waals surface area contributed by atoms with Gasteiger partial charge in [0.05, 0.1) is 0 Å². The lowest BCUT2D eigenvalue weighted by molar-refractivity contribution is -0.136. The van der Waals surface area contributed by atoms with Crippen molar-refractivity contribution in [1.82, 2.24) is 13.9 Å². The Balaban J connectivity index is 2.81. The van der Waals surface area contributed by atoms with Gasteiger partial charge >= 0.3 is 6.18 Å². The van der Waals surface area contributed by atoms with Gasteiger partial charge in [0.25, 0.3) is 10.2 Å². The smallest absolute Gasteiger partial charge is 0.315 e. The van der Waals surface area contributed by atoms with Crippen molar-refractivity contribution < 1.29 is 21.6 Å². The van der Waals surface area contributed by atoms with Crippen LogP contribution in [0.1, 0.15) is 13.3 Å². The van der Waals surface area contributed by atoms with Gasteiger partial charge in [0, 0.05) is 26.2 Å².